The smallest absolute Gasteiger partial charge is 0.0796 e. The summed E-state index contributed by atoms with van der Waals surface area (Å²) in [5.41, 5.74) is 3.55. The van der Waals surface area contributed by atoms with E-state index in [1.54, 1.807) is 0 Å². The summed E-state index contributed by atoms with van der Waals surface area (Å²) < 4.78 is 0. The van der Waals surface area contributed by atoms with Gasteiger partial charge in [0.1, 0.15) is 0 Å². The van der Waals surface area contributed by atoms with E-state index in [1.165, 1.54) is 5.57 Å². The first kappa shape index (κ1) is 13.7. The van der Waals surface area contributed by atoms with Crippen molar-refractivity contribution in [1.82, 2.24) is 0 Å². The van der Waals surface area contributed by atoms with E-state index in [-0.39, 0.29) is 17.8 Å². The number of fused-ring (bicyclic) bond motifs is 2. The Balaban J connectivity index is 1.80. The maximum atomic E-state index is 10.6. The van der Waals surface area contributed by atoms with Gasteiger partial charge in [0.05, 0.1) is 12.2 Å². The van der Waals surface area contributed by atoms with Crippen molar-refractivity contribution in [3.63, 3.8) is 0 Å². The highest BCUT2D eigenvalue weighted by Crippen LogP contribution is 2.46. The molecule has 0 saturated carbocycles. The lowest BCUT2D eigenvalue weighted by molar-refractivity contribution is 0.0542. The highest BCUT2D eigenvalue weighted by atomic mass is 16.3. The highest BCUT2D eigenvalue weighted by Gasteiger charge is 2.42. The first-order valence-corrected chi connectivity index (χ1v) is 7.94. The van der Waals surface area contributed by atoms with Gasteiger partial charge in [-0.15, -0.1) is 0 Å². The zero-order valence-corrected chi connectivity index (χ0v) is 12.3. The molecule has 3 aliphatic carbocycles. The fourth-order valence-corrected chi connectivity index (χ4v) is 4.17. The Hall–Kier alpha value is -1.90. The lowest BCUT2D eigenvalue weighted by Gasteiger charge is -2.42. The Morgan fingerprint density at radius 2 is 1.77 bits per heavy atom. The molecule has 0 heterocycles. The summed E-state index contributed by atoms with van der Waals surface area (Å²) in [5.74, 6) is 0.201. The standard InChI is InChI=1S/C20H20O2/c21-17-11-9-13-5-1-3-7-15(13)19(17)20-16-8-4-2-6-14(16)10-12-18(20)22/h1-7,9-12,16-22H,8H2. The number of hydrogen-bond donors (Lipinski definition) is 2. The third kappa shape index (κ3) is 2.11. The van der Waals surface area contributed by atoms with Crippen LogP contribution in [-0.2, 0) is 0 Å². The average Bonchev–Trinajstić information content (AvgIpc) is 2.56. The molecule has 0 aromatic heterocycles. The summed E-state index contributed by atoms with van der Waals surface area (Å²) in [7, 11) is 0. The lowest BCUT2D eigenvalue weighted by atomic mass is 9.64. The summed E-state index contributed by atoms with van der Waals surface area (Å²) in [6.07, 6.45) is 14.0. The molecule has 22 heavy (non-hydrogen) atoms. The maximum Gasteiger partial charge on any atom is 0.0796 e. The molecule has 2 N–H and O–H groups in total. The van der Waals surface area contributed by atoms with Crippen LogP contribution in [0.2, 0.25) is 0 Å². The van der Waals surface area contributed by atoms with Crippen LogP contribution in [0, 0.1) is 11.8 Å². The van der Waals surface area contributed by atoms with Crippen molar-refractivity contribution in [2.24, 2.45) is 11.8 Å². The Labute approximate surface area is 130 Å². The second kappa shape index (κ2) is 5.38. The zero-order valence-electron chi connectivity index (χ0n) is 12.3. The number of allylic oxidation sites excluding steroid dienone is 5. The monoisotopic (exact) mass is 292 g/mol. The van der Waals surface area contributed by atoms with Crippen LogP contribution in [0.1, 0.15) is 23.5 Å². The van der Waals surface area contributed by atoms with Crippen LogP contribution >= 0.6 is 0 Å². The van der Waals surface area contributed by atoms with Gasteiger partial charge in [-0.1, -0.05) is 66.8 Å². The largest absolute Gasteiger partial charge is 0.389 e. The SMILES string of the molecule is OC1C=Cc2ccccc2C1C1C(O)C=CC2=CC=CCC21. The molecule has 0 radical (unpaired) electrons. The molecule has 4 rings (SSSR count). The van der Waals surface area contributed by atoms with Gasteiger partial charge in [0.25, 0.3) is 0 Å². The number of aliphatic hydroxyl groups excluding tert-OH is 2. The maximum absolute atomic E-state index is 10.6. The van der Waals surface area contributed by atoms with Gasteiger partial charge in [-0.3, -0.25) is 0 Å². The normalized spacial score (nSPS) is 35.7. The highest BCUT2D eigenvalue weighted by molar-refractivity contribution is 5.59. The van der Waals surface area contributed by atoms with Crippen LogP contribution in [0.15, 0.2) is 66.3 Å². The molecule has 5 unspecified atom stereocenters. The van der Waals surface area contributed by atoms with E-state index in [1.807, 2.05) is 36.4 Å². The molecule has 0 amide bonds. The second-order valence-corrected chi connectivity index (χ2v) is 6.37. The quantitative estimate of drug-likeness (QED) is 0.834. The molecule has 3 aliphatic rings. The molecule has 0 bridgehead atoms. The molecule has 2 heteroatoms. The van der Waals surface area contributed by atoms with E-state index >= 15 is 0 Å². The Kier molecular flexibility index (Phi) is 3.36. The van der Waals surface area contributed by atoms with Gasteiger partial charge in [0.15, 0.2) is 0 Å². The molecule has 0 saturated heterocycles. The summed E-state index contributed by atoms with van der Waals surface area (Å²) in [6.45, 7) is 0. The van der Waals surface area contributed by atoms with Crippen LogP contribution in [0.25, 0.3) is 6.08 Å². The van der Waals surface area contributed by atoms with E-state index in [2.05, 4.69) is 30.4 Å². The predicted molar refractivity (Wildman–Crippen MR) is 88.2 cm³/mol. The fraction of sp³-hybridized carbons (Fsp3) is 0.300. The molecule has 1 aromatic rings. The minimum Gasteiger partial charge on any atom is -0.389 e. The third-order valence-electron chi connectivity index (χ3n) is 5.20. The number of aliphatic hydroxyl groups is 2. The fourth-order valence-electron chi connectivity index (χ4n) is 4.17. The Morgan fingerprint density at radius 1 is 0.955 bits per heavy atom. The zero-order chi connectivity index (χ0) is 15.1. The summed E-state index contributed by atoms with van der Waals surface area (Å²) in [6, 6.07) is 8.19. The second-order valence-electron chi connectivity index (χ2n) is 6.37. The summed E-state index contributed by atoms with van der Waals surface area (Å²) in [4.78, 5) is 0. The van der Waals surface area contributed by atoms with Crippen molar-refractivity contribution >= 4 is 6.08 Å². The van der Waals surface area contributed by atoms with Crippen molar-refractivity contribution in [3.8, 4) is 0 Å². The number of hydrogen-bond acceptors (Lipinski definition) is 2. The van der Waals surface area contributed by atoms with E-state index in [4.69, 9.17) is 0 Å². The van der Waals surface area contributed by atoms with Crippen molar-refractivity contribution in [3.05, 3.63) is 77.4 Å². The van der Waals surface area contributed by atoms with Gasteiger partial charge in [-0.2, -0.15) is 0 Å². The average molecular weight is 292 g/mol. The van der Waals surface area contributed by atoms with Gasteiger partial charge < -0.3 is 10.2 Å². The molecular formula is C20H20O2. The van der Waals surface area contributed by atoms with E-state index in [0.717, 1.165) is 17.5 Å². The van der Waals surface area contributed by atoms with Crippen LogP contribution < -0.4 is 0 Å². The van der Waals surface area contributed by atoms with Gasteiger partial charge in [-0.05, 0) is 29.0 Å². The summed E-state index contributed by atoms with van der Waals surface area (Å²) >= 11 is 0. The molecular weight excluding hydrogens is 272 g/mol. The van der Waals surface area contributed by atoms with Crippen molar-refractivity contribution in [2.75, 3.05) is 0 Å². The minimum absolute atomic E-state index is 0.00213. The Morgan fingerprint density at radius 3 is 2.68 bits per heavy atom. The van der Waals surface area contributed by atoms with Crippen LogP contribution in [0.3, 0.4) is 0 Å². The van der Waals surface area contributed by atoms with Gasteiger partial charge in [0, 0.05) is 11.8 Å². The van der Waals surface area contributed by atoms with Crippen molar-refractivity contribution in [2.45, 2.75) is 24.5 Å². The molecule has 5 atom stereocenters. The van der Waals surface area contributed by atoms with Crippen LogP contribution in [-0.4, -0.2) is 22.4 Å². The molecule has 2 nitrogen and oxygen atoms in total. The van der Waals surface area contributed by atoms with Crippen molar-refractivity contribution < 1.29 is 10.2 Å². The first-order valence-electron chi connectivity index (χ1n) is 7.94. The van der Waals surface area contributed by atoms with Crippen molar-refractivity contribution in [1.29, 1.82) is 0 Å². The lowest BCUT2D eigenvalue weighted by Crippen LogP contribution is -2.41. The van der Waals surface area contributed by atoms with Gasteiger partial charge >= 0.3 is 0 Å². The van der Waals surface area contributed by atoms with Crippen LogP contribution in [0.4, 0.5) is 0 Å². The molecule has 1 aromatic carbocycles. The summed E-state index contributed by atoms with van der Waals surface area (Å²) in [5, 5.41) is 21.2. The third-order valence-corrected chi connectivity index (χ3v) is 5.20. The molecule has 0 aliphatic heterocycles. The molecule has 0 spiro atoms. The van der Waals surface area contributed by atoms with Gasteiger partial charge in [0.2, 0.25) is 0 Å². The first-order chi connectivity index (χ1) is 10.8. The minimum atomic E-state index is -0.548. The van der Waals surface area contributed by atoms with Crippen LogP contribution in [0.5, 0.6) is 0 Å². The Bertz CT molecular complexity index is 695. The van der Waals surface area contributed by atoms with E-state index in [0.29, 0.717) is 0 Å². The topological polar surface area (TPSA) is 40.5 Å². The predicted octanol–water partition coefficient (Wildman–Crippen LogP) is 3.21. The van der Waals surface area contributed by atoms with Gasteiger partial charge in [-0.25, -0.2) is 0 Å². The number of rotatable bonds is 1. The molecule has 0 fully saturated rings. The van der Waals surface area contributed by atoms with E-state index < -0.39 is 12.2 Å². The van der Waals surface area contributed by atoms with E-state index in [9.17, 15) is 10.2 Å². The molecule has 112 valence electrons. The number of benzene rings is 1.